The topological polar surface area (TPSA) is 3.24 Å². The summed E-state index contributed by atoms with van der Waals surface area (Å²) in [5.41, 5.74) is 1.42. The average Bonchev–Trinajstić information content (AvgIpc) is 2.57. The monoisotopic (exact) mass is 217 g/mol. The fourth-order valence-electron chi connectivity index (χ4n) is 3.57. The van der Waals surface area contributed by atoms with Gasteiger partial charge in [0.25, 0.3) is 0 Å². The van der Waals surface area contributed by atoms with Gasteiger partial charge in [-0.25, -0.2) is 0 Å². The third-order valence-electron chi connectivity index (χ3n) is 4.29. The SMILES string of the molecule is C=C/C=C(\C=C)C1C2CCC1CN(CC)C2. The van der Waals surface area contributed by atoms with Gasteiger partial charge in [0.2, 0.25) is 0 Å². The third-order valence-corrected chi connectivity index (χ3v) is 4.29. The minimum absolute atomic E-state index is 0.748. The first-order valence-corrected chi connectivity index (χ1v) is 6.47. The van der Waals surface area contributed by atoms with Gasteiger partial charge in [-0.3, -0.25) is 0 Å². The first kappa shape index (κ1) is 11.7. The molecule has 0 N–H and O–H groups in total. The van der Waals surface area contributed by atoms with E-state index in [1.165, 1.54) is 38.0 Å². The fraction of sp³-hybridized carbons (Fsp3) is 0.600. The fourth-order valence-corrected chi connectivity index (χ4v) is 3.57. The van der Waals surface area contributed by atoms with Crippen molar-refractivity contribution in [2.45, 2.75) is 19.8 Å². The number of allylic oxidation sites excluding steroid dienone is 4. The van der Waals surface area contributed by atoms with E-state index in [1.54, 1.807) is 0 Å². The van der Waals surface area contributed by atoms with Gasteiger partial charge < -0.3 is 4.90 Å². The van der Waals surface area contributed by atoms with Crippen LogP contribution in [0.2, 0.25) is 0 Å². The number of fused-ring (bicyclic) bond motifs is 2. The van der Waals surface area contributed by atoms with Crippen molar-refractivity contribution < 1.29 is 0 Å². The summed E-state index contributed by atoms with van der Waals surface area (Å²) in [6, 6.07) is 0. The lowest BCUT2D eigenvalue weighted by Crippen LogP contribution is -2.42. The van der Waals surface area contributed by atoms with Crippen LogP contribution in [0.4, 0.5) is 0 Å². The zero-order valence-electron chi connectivity index (χ0n) is 10.4. The van der Waals surface area contributed by atoms with Gasteiger partial charge in [-0.15, -0.1) is 0 Å². The van der Waals surface area contributed by atoms with Crippen molar-refractivity contribution in [2.24, 2.45) is 17.8 Å². The summed E-state index contributed by atoms with van der Waals surface area (Å²) in [6.07, 6.45) is 8.90. The Bertz CT molecular complexity index is 289. The summed E-state index contributed by atoms with van der Waals surface area (Å²) in [4.78, 5) is 2.60. The van der Waals surface area contributed by atoms with Crippen molar-refractivity contribution in [1.82, 2.24) is 4.90 Å². The van der Waals surface area contributed by atoms with E-state index in [9.17, 15) is 0 Å². The van der Waals surface area contributed by atoms with Crippen LogP contribution in [0, 0.1) is 17.8 Å². The van der Waals surface area contributed by atoms with Crippen molar-refractivity contribution >= 4 is 0 Å². The summed E-state index contributed by atoms with van der Waals surface area (Å²) >= 11 is 0. The van der Waals surface area contributed by atoms with Crippen LogP contribution in [0.25, 0.3) is 0 Å². The molecule has 2 aliphatic rings. The lowest BCUT2D eigenvalue weighted by Gasteiger charge is -2.38. The Hall–Kier alpha value is -0.820. The molecule has 1 aliphatic heterocycles. The number of nitrogens with zero attached hydrogens (tertiary/aromatic N) is 1. The molecule has 16 heavy (non-hydrogen) atoms. The summed E-state index contributed by atoms with van der Waals surface area (Å²) in [5, 5.41) is 0. The standard InChI is InChI=1S/C15H23N/c1-4-7-12(5-2)15-13-8-9-14(15)11-16(6-3)10-13/h4-5,7,13-15H,1-2,6,8-11H2,3H3/b12-7+. The van der Waals surface area contributed by atoms with E-state index in [4.69, 9.17) is 0 Å². The quantitative estimate of drug-likeness (QED) is 0.653. The molecule has 1 aliphatic carbocycles. The van der Waals surface area contributed by atoms with Gasteiger partial charge in [-0.2, -0.15) is 0 Å². The van der Waals surface area contributed by atoms with E-state index in [-0.39, 0.29) is 0 Å². The van der Waals surface area contributed by atoms with E-state index >= 15 is 0 Å². The van der Waals surface area contributed by atoms with Crippen LogP contribution in [-0.2, 0) is 0 Å². The first-order valence-electron chi connectivity index (χ1n) is 6.47. The molecule has 1 heterocycles. The van der Waals surface area contributed by atoms with E-state index in [0.717, 1.165) is 17.8 Å². The molecule has 88 valence electrons. The summed E-state index contributed by atoms with van der Waals surface area (Å²) < 4.78 is 0. The van der Waals surface area contributed by atoms with Gasteiger partial charge in [-0.05, 0) is 42.7 Å². The predicted octanol–water partition coefficient (Wildman–Crippen LogP) is 3.26. The van der Waals surface area contributed by atoms with Crippen molar-refractivity contribution in [3.05, 3.63) is 37.0 Å². The van der Waals surface area contributed by atoms with Crippen LogP contribution in [0.5, 0.6) is 0 Å². The van der Waals surface area contributed by atoms with Gasteiger partial charge in [0.1, 0.15) is 0 Å². The first-order chi connectivity index (χ1) is 7.80. The molecule has 0 aromatic carbocycles. The molecule has 2 bridgehead atoms. The number of hydrogen-bond acceptors (Lipinski definition) is 1. The number of hydrogen-bond donors (Lipinski definition) is 0. The van der Waals surface area contributed by atoms with Gasteiger partial charge in [0.15, 0.2) is 0 Å². The number of rotatable bonds is 4. The molecule has 0 spiro atoms. The highest BCUT2D eigenvalue weighted by molar-refractivity contribution is 5.27. The lowest BCUT2D eigenvalue weighted by atomic mass is 9.79. The van der Waals surface area contributed by atoms with Gasteiger partial charge in [0.05, 0.1) is 0 Å². The minimum Gasteiger partial charge on any atom is -0.303 e. The Balaban J connectivity index is 2.16. The Morgan fingerprint density at radius 1 is 1.25 bits per heavy atom. The number of piperidine rings is 1. The van der Waals surface area contributed by atoms with Crippen molar-refractivity contribution in [3.63, 3.8) is 0 Å². The molecule has 1 saturated heterocycles. The van der Waals surface area contributed by atoms with Crippen LogP contribution in [0.3, 0.4) is 0 Å². The smallest absolute Gasteiger partial charge is 0.00156 e. The summed E-state index contributed by atoms with van der Waals surface area (Å²) in [6.45, 7) is 13.8. The van der Waals surface area contributed by atoms with E-state index in [2.05, 4.69) is 31.1 Å². The highest BCUT2D eigenvalue weighted by atomic mass is 15.1. The van der Waals surface area contributed by atoms with Gasteiger partial charge in [0, 0.05) is 13.1 Å². The second-order valence-corrected chi connectivity index (χ2v) is 5.08. The molecule has 2 unspecified atom stereocenters. The zero-order chi connectivity index (χ0) is 11.5. The molecule has 2 fully saturated rings. The average molecular weight is 217 g/mol. The van der Waals surface area contributed by atoms with E-state index in [0.29, 0.717) is 0 Å². The molecule has 1 nitrogen and oxygen atoms in total. The third kappa shape index (κ3) is 2.01. The maximum atomic E-state index is 3.96. The molecule has 0 aromatic rings. The Morgan fingerprint density at radius 3 is 2.31 bits per heavy atom. The second-order valence-electron chi connectivity index (χ2n) is 5.08. The largest absolute Gasteiger partial charge is 0.303 e. The van der Waals surface area contributed by atoms with Crippen LogP contribution in [0.1, 0.15) is 19.8 Å². The second kappa shape index (κ2) is 5.01. The molecule has 2 rings (SSSR count). The Labute approximate surface area is 99.5 Å². The predicted molar refractivity (Wildman–Crippen MR) is 70.3 cm³/mol. The highest BCUT2D eigenvalue weighted by Crippen LogP contribution is 2.45. The lowest BCUT2D eigenvalue weighted by molar-refractivity contribution is 0.135. The molecular weight excluding hydrogens is 194 g/mol. The summed E-state index contributed by atoms with van der Waals surface area (Å²) in [5.74, 6) is 2.45. The molecule has 0 aromatic heterocycles. The zero-order valence-corrected chi connectivity index (χ0v) is 10.4. The summed E-state index contributed by atoms with van der Waals surface area (Å²) in [7, 11) is 0. The van der Waals surface area contributed by atoms with E-state index in [1.807, 2.05) is 12.2 Å². The van der Waals surface area contributed by atoms with Crippen molar-refractivity contribution in [2.75, 3.05) is 19.6 Å². The highest BCUT2D eigenvalue weighted by Gasteiger charge is 2.42. The Kier molecular flexibility index (Phi) is 3.65. The minimum atomic E-state index is 0.748. The van der Waals surface area contributed by atoms with Gasteiger partial charge in [-0.1, -0.05) is 38.3 Å². The van der Waals surface area contributed by atoms with Crippen LogP contribution in [-0.4, -0.2) is 24.5 Å². The van der Waals surface area contributed by atoms with Crippen molar-refractivity contribution in [3.8, 4) is 0 Å². The molecule has 1 saturated carbocycles. The molecule has 0 radical (unpaired) electrons. The van der Waals surface area contributed by atoms with Crippen LogP contribution in [0.15, 0.2) is 37.0 Å². The maximum absolute atomic E-state index is 3.96. The van der Waals surface area contributed by atoms with E-state index < -0.39 is 0 Å². The molecule has 0 amide bonds. The van der Waals surface area contributed by atoms with Crippen molar-refractivity contribution in [1.29, 1.82) is 0 Å². The maximum Gasteiger partial charge on any atom is 0.00156 e. The normalized spacial score (nSPS) is 35.1. The molecular formula is C15H23N. The van der Waals surface area contributed by atoms with Crippen LogP contribution >= 0.6 is 0 Å². The van der Waals surface area contributed by atoms with Gasteiger partial charge >= 0.3 is 0 Å². The molecule has 1 heteroatoms. The number of likely N-dealkylation sites (tertiary alicyclic amines) is 1. The van der Waals surface area contributed by atoms with Crippen LogP contribution < -0.4 is 0 Å². The Morgan fingerprint density at radius 2 is 1.88 bits per heavy atom. The molecule has 2 atom stereocenters.